The maximum atomic E-state index is 6.18. The molecule has 2 unspecified atom stereocenters. The molecule has 3 rings (SSSR count). The molecule has 0 aromatic carbocycles. The fourth-order valence-electron chi connectivity index (χ4n) is 3.76. The molecule has 2 N–H and O–H groups in total. The minimum atomic E-state index is 0.219. The number of hydrogen-bond donors (Lipinski definition) is 1. The first-order valence-corrected chi connectivity index (χ1v) is 8.61. The average Bonchev–Trinajstić information content (AvgIpc) is 2.40. The van der Waals surface area contributed by atoms with Gasteiger partial charge >= 0.3 is 0 Å². The van der Waals surface area contributed by atoms with Gasteiger partial charge in [0.2, 0.25) is 0 Å². The average molecular weight is 267 g/mol. The lowest BCUT2D eigenvalue weighted by Gasteiger charge is -2.44. The van der Waals surface area contributed by atoms with Crippen molar-refractivity contribution in [3.05, 3.63) is 11.6 Å². The topological polar surface area (TPSA) is 35.2 Å². The summed E-state index contributed by atoms with van der Waals surface area (Å²) < 4.78 is 6.18. The van der Waals surface area contributed by atoms with E-state index in [9.17, 15) is 0 Å². The van der Waals surface area contributed by atoms with Crippen LogP contribution in [0.4, 0.5) is 0 Å². The van der Waals surface area contributed by atoms with Crippen LogP contribution in [0.2, 0.25) is 0 Å². The molecule has 102 valence electrons. The molecule has 2 nitrogen and oxygen atoms in total. The van der Waals surface area contributed by atoms with E-state index < -0.39 is 0 Å². The van der Waals surface area contributed by atoms with Crippen molar-refractivity contribution < 1.29 is 4.74 Å². The third-order valence-electron chi connectivity index (χ3n) is 4.85. The molecular formula is C15H25NOS. The van der Waals surface area contributed by atoms with E-state index in [1.165, 1.54) is 56.5 Å². The number of ether oxygens (including phenoxy) is 1. The molecule has 0 radical (unpaired) electrons. The molecule has 0 amide bonds. The van der Waals surface area contributed by atoms with Crippen molar-refractivity contribution in [1.29, 1.82) is 0 Å². The van der Waals surface area contributed by atoms with Gasteiger partial charge in [-0.15, -0.1) is 0 Å². The highest BCUT2D eigenvalue weighted by molar-refractivity contribution is 7.99. The van der Waals surface area contributed by atoms with Crippen LogP contribution in [0.25, 0.3) is 0 Å². The first-order valence-electron chi connectivity index (χ1n) is 7.45. The van der Waals surface area contributed by atoms with Gasteiger partial charge in [0.15, 0.2) is 0 Å². The summed E-state index contributed by atoms with van der Waals surface area (Å²) in [7, 11) is 0. The van der Waals surface area contributed by atoms with Gasteiger partial charge in [-0.2, -0.15) is 11.8 Å². The largest absolute Gasteiger partial charge is 0.375 e. The standard InChI is InChI=1S/C15H25NOS/c16-14-3-1-2-12(10-14)13-4-7-17-15(11-13)5-8-18-9-6-15/h10,13-14H,1-9,11,16H2. The minimum absolute atomic E-state index is 0.219. The molecule has 18 heavy (non-hydrogen) atoms. The van der Waals surface area contributed by atoms with E-state index in [2.05, 4.69) is 17.8 Å². The summed E-state index contributed by atoms with van der Waals surface area (Å²) in [4.78, 5) is 0. The predicted octanol–water partition coefficient (Wildman–Crippen LogP) is 3.12. The zero-order valence-electron chi connectivity index (χ0n) is 11.2. The number of rotatable bonds is 1. The normalized spacial score (nSPS) is 36.4. The maximum Gasteiger partial charge on any atom is 0.0704 e. The van der Waals surface area contributed by atoms with E-state index in [0.29, 0.717) is 6.04 Å². The Hall–Kier alpha value is 0.01000. The van der Waals surface area contributed by atoms with E-state index in [1.54, 1.807) is 5.57 Å². The van der Waals surface area contributed by atoms with Crippen LogP contribution >= 0.6 is 11.8 Å². The smallest absolute Gasteiger partial charge is 0.0704 e. The van der Waals surface area contributed by atoms with Gasteiger partial charge in [0, 0.05) is 12.6 Å². The lowest BCUT2D eigenvalue weighted by Crippen LogP contribution is -2.43. The van der Waals surface area contributed by atoms with E-state index in [4.69, 9.17) is 10.5 Å². The first kappa shape index (κ1) is 13.0. The molecule has 0 aromatic rings. The highest BCUT2D eigenvalue weighted by atomic mass is 32.2. The molecule has 2 atom stereocenters. The van der Waals surface area contributed by atoms with Crippen molar-refractivity contribution in [2.24, 2.45) is 11.7 Å². The van der Waals surface area contributed by atoms with Gasteiger partial charge in [-0.1, -0.05) is 11.6 Å². The third kappa shape index (κ3) is 2.78. The van der Waals surface area contributed by atoms with Crippen LogP contribution < -0.4 is 5.73 Å². The zero-order valence-corrected chi connectivity index (χ0v) is 12.0. The summed E-state index contributed by atoms with van der Waals surface area (Å²) in [5.74, 6) is 3.32. The quantitative estimate of drug-likeness (QED) is 0.741. The molecule has 2 fully saturated rings. The highest BCUT2D eigenvalue weighted by Gasteiger charge is 2.39. The van der Waals surface area contributed by atoms with Gasteiger partial charge in [-0.05, 0) is 62.4 Å². The Morgan fingerprint density at radius 2 is 2.11 bits per heavy atom. The molecule has 2 saturated heterocycles. The Kier molecular flexibility index (Phi) is 4.02. The minimum Gasteiger partial charge on any atom is -0.375 e. The third-order valence-corrected chi connectivity index (χ3v) is 5.84. The van der Waals surface area contributed by atoms with Crippen molar-refractivity contribution in [3.8, 4) is 0 Å². The van der Waals surface area contributed by atoms with E-state index >= 15 is 0 Å². The van der Waals surface area contributed by atoms with Crippen molar-refractivity contribution in [2.75, 3.05) is 18.1 Å². The van der Waals surface area contributed by atoms with Crippen LogP contribution in [0.3, 0.4) is 0 Å². The fourth-order valence-corrected chi connectivity index (χ4v) is 5.00. The van der Waals surface area contributed by atoms with Crippen LogP contribution in [-0.2, 0) is 4.74 Å². The van der Waals surface area contributed by atoms with Crippen LogP contribution in [-0.4, -0.2) is 29.8 Å². The summed E-state index contributed by atoms with van der Waals surface area (Å²) in [6.07, 6.45) is 11.1. The summed E-state index contributed by atoms with van der Waals surface area (Å²) in [6.45, 7) is 0.960. The van der Waals surface area contributed by atoms with Crippen LogP contribution in [0, 0.1) is 5.92 Å². The maximum absolute atomic E-state index is 6.18. The van der Waals surface area contributed by atoms with Gasteiger partial charge in [-0.3, -0.25) is 0 Å². The van der Waals surface area contributed by atoms with E-state index in [-0.39, 0.29) is 5.60 Å². The summed E-state index contributed by atoms with van der Waals surface area (Å²) in [6, 6.07) is 0.314. The van der Waals surface area contributed by atoms with Crippen LogP contribution in [0.5, 0.6) is 0 Å². The Morgan fingerprint density at radius 1 is 1.28 bits per heavy atom. The van der Waals surface area contributed by atoms with Gasteiger partial charge in [0.05, 0.1) is 5.60 Å². The highest BCUT2D eigenvalue weighted by Crippen LogP contribution is 2.43. The SMILES string of the molecule is NC1C=C(C2CCOC3(CCSCC3)C2)CCC1. The summed E-state index contributed by atoms with van der Waals surface area (Å²) >= 11 is 2.09. The predicted molar refractivity (Wildman–Crippen MR) is 77.9 cm³/mol. The van der Waals surface area contributed by atoms with Gasteiger partial charge in [0.1, 0.15) is 0 Å². The molecule has 2 aliphatic heterocycles. The Labute approximate surface area is 115 Å². The second kappa shape index (κ2) is 5.56. The van der Waals surface area contributed by atoms with E-state index in [0.717, 1.165) is 12.5 Å². The second-order valence-corrected chi connectivity index (χ2v) is 7.36. The Bertz CT molecular complexity index is 317. The van der Waals surface area contributed by atoms with Crippen molar-refractivity contribution in [3.63, 3.8) is 0 Å². The number of nitrogens with two attached hydrogens (primary N) is 1. The monoisotopic (exact) mass is 267 g/mol. The summed E-state index contributed by atoms with van der Waals surface area (Å²) in [5.41, 5.74) is 7.96. The lowest BCUT2D eigenvalue weighted by atomic mass is 9.75. The molecule has 3 aliphatic rings. The number of allylic oxidation sites excluding steroid dienone is 1. The van der Waals surface area contributed by atoms with Crippen molar-refractivity contribution in [1.82, 2.24) is 0 Å². The van der Waals surface area contributed by atoms with E-state index in [1.807, 2.05) is 0 Å². The fraction of sp³-hybridized carbons (Fsp3) is 0.867. The van der Waals surface area contributed by atoms with Crippen LogP contribution in [0.15, 0.2) is 11.6 Å². The van der Waals surface area contributed by atoms with Crippen molar-refractivity contribution >= 4 is 11.8 Å². The molecule has 0 aromatic heterocycles. The molecule has 3 heteroatoms. The molecular weight excluding hydrogens is 242 g/mol. The van der Waals surface area contributed by atoms with Crippen LogP contribution in [0.1, 0.15) is 44.9 Å². The molecule has 1 spiro atoms. The van der Waals surface area contributed by atoms with Gasteiger partial charge in [-0.25, -0.2) is 0 Å². The second-order valence-electron chi connectivity index (χ2n) is 6.13. The molecule has 1 aliphatic carbocycles. The lowest BCUT2D eigenvalue weighted by molar-refractivity contribution is -0.0970. The molecule has 2 heterocycles. The number of hydrogen-bond acceptors (Lipinski definition) is 3. The van der Waals surface area contributed by atoms with Crippen molar-refractivity contribution in [2.45, 2.75) is 56.6 Å². The Morgan fingerprint density at radius 3 is 2.89 bits per heavy atom. The summed E-state index contributed by atoms with van der Waals surface area (Å²) in [5, 5.41) is 0. The molecule has 0 saturated carbocycles. The Balaban J connectivity index is 1.69. The number of thioether (sulfide) groups is 1. The van der Waals surface area contributed by atoms with Gasteiger partial charge < -0.3 is 10.5 Å². The molecule has 0 bridgehead atoms. The van der Waals surface area contributed by atoms with Gasteiger partial charge in [0.25, 0.3) is 0 Å². The first-order chi connectivity index (χ1) is 8.77. The zero-order chi connectivity index (χ0) is 12.4.